The first kappa shape index (κ1) is 13.9. The molecule has 0 aliphatic carbocycles. The summed E-state index contributed by atoms with van der Waals surface area (Å²) in [6, 6.07) is 0. The monoisotopic (exact) mass is 215 g/mol. The summed E-state index contributed by atoms with van der Waals surface area (Å²) in [5.74, 6) is -0.970. The number of carbonyl (C=O) groups is 2. The zero-order valence-electron chi connectivity index (χ0n) is 10.2. The molecule has 1 N–H and O–H groups in total. The highest BCUT2D eigenvalue weighted by atomic mass is 16.4. The molecule has 0 heterocycles. The Morgan fingerprint density at radius 2 is 1.73 bits per heavy atom. The standard InChI is InChI=1S/C11H21NO3/c1-8(2)10(15)12(11(3,4)5)7-6-9(13)14/h8H,6-7H2,1-5H3,(H,13,14). The zero-order valence-corrected chi connectivity index (χ0v) is 10.2. The van der Waals surface area contributed by atoms with Crippen LogP contribution in [-0.2, 0) is 9.59 Å². The molecule has 0 rings (SSSR count). The van der Waals surface area contributed by atoms with Crippen LogP contribution in [0.2, 0.25) is 0 Å². The van der Waals surface area contributed by atoms with Crippen LogP contribution in [0.1, 0.15) is 41.0 Å². The van der Waals surface area contributed by atoms with Gasteiger partial charge in [-0.2, -0.15) is 0 Å². The van der Waals surface area contributed by atoms with E-state index in [1.165, 1.54) is 0 Å². The molecule has 88 valence electrons. The Balaban J connectivity index is 4.60. The Morgan fingerprint density at radius 1 is 1.27 bits per heavy atom. The lowest BCUT2D eigenvalue weighted by Gasteiger charge is -2.36. The fourth-order valence-corrected chi connectivity index (χ4v) is 1.30. The van der Waals surface area contributed by atoms with Crippen LogP contribution in [0.25, 0.3) is 0 Å². The van der Waals surface area contributed by atoms with E-state index in [0.29, 0.717) is 0 Å². The molecule has 0 aliphatic heterocycles. The third-order valence-corrected chi connectivity index (χ3v) is 2.12. The van der Waals surface area contributed by atoms with Crippen molar-refractivity contribution in [3.8, 4) is 0 Å². The van der Waals surface area contributed by atoms with E-state index in [1.54, 1.807) is 4.90 Å². The molecular weight excluding hydrogens is 194 g/mol. The second-order valence-electron chi connectivity index (χ2n) is 4.96. The van der Waals surface area contributed by atoms with Gasteiger partial charge in [0, 0.05) is 18.0 Å². The molecule has 0 aromatic heterocycles. The summed E-state index contributed by atoms with van der Waals surface area (Å²) in [6.07, 6.45) is -0.00424. The van der Waals surface area contributed by atoms with Gasteiger partial charge in [-0.3, -0.25) is 9.59 Å². The van der Waals surface area contributed by atoms with E-state index < -0.39 is 5.97 Å². The van der Waals surface area contributed by atoms with Gasteiger partial charge in [0.1, 0.15) is 0 Å². The maximum absolute atomic E-state index is 11.8. The fraction of sp³-hybridized carbons (Fsp3) is 0.818. The first-order chi connectivity index (χ1) is 6.66. The Labute approximate surface area is 91.3 Å². The molecule has 0 fully saturated rings. The largest absolute Gasteiger partial charge is 0.481 e. The zero-order chi connectivity index (χ0) is 12.2. The summed E-state index contributed by atoms with van der Waals surface area (Å²) in [5.41, 5.74) is -0.323. The molecule has 0 bridgehead atoms. The summed E-state index contributed by atoms with van der Waals surface area (Å²) in [7, 11) is 0. The van der Waals surface area contributed by atoms with Crippen molar-refractivity contribution >= 4 is 11.9 Å². The fourth-order valence-electron chi connectivity index (χ4n) is 1.30. The van der Waals surface area contributed by atoms with Gasteiger partial charge in [-0.25, -0.2) is 0 Å². The van der Waals surface area contributed by atoms with Crippen LogP contribution in [0.4, 0.5) is 0 Å². The molecule has 4 heteroatoms. The molecule has 0 aromatic rings. The van der Waals surface area contributed by atoms with Crippen molar-refractivity contribution in [2.75, 3.05) is 6.54 Å². The van der Waals surface area contributed by atoms with Gasteiger partial charge in [0.25, 0.3) is 0 Å². The van der Waals surface area contributed by atoms with E-state index in [2.05, 4.69) is 0 Å². The van der Waals surface area contributed by atoms with Crippen molar-refractivity contribution in [3.05, 3.63) is 0 Å². The number of hydrogen-bond acceptors (Lipinski definition) is 2. The van der Waals surface area contributed by atoms with Crippen LogP contribution < -0.4 is 0 Å². The van der Waals surface area contributed by atoms with Crippen LogP contribution >= 0.6 is 0 Å². The third-order valence-electron chi connectivity index (χ3n) is 2.12. The van der Waals surface area contributed by atoms with Crippen LogP contribution in [0.15, 0.2) is 0 Å². The third kappa shape index (κ3) is 4.81. The van der Waals surface area contributed by atoms with Gasteiger partial charge in [0.15, 0.2) is 0 Å². The molecule has 0 atom stereocenters. The Morgan fingerprint density at radius 3 is 2.00 bits per heavy atom. The molecule has 0 aliphatic rings. The van der Waals surface area contributed by atoms with Gasteiger partial charge < -0.3 is 10.0 Å². The summed E-state index contributed by atoms with van der Waals surface area (Å²) < 4.78 is 0. The number of amides is 1. The molecule has 0 saturated heterocycles. The number of carboxylic acids is 1. The lowest BCUT2D eigenvalue weighted by Crippen LogP contribution is -2.48. The van der Waals surface area contributed by atoms with E-state index in [9.17, 15) is 9.59 Å². The van der Waals surface area contributed by atoms with Crippen molar-refractivity contribution in [1.82, 2.24) is 4.90 Å². The highest BCUT2D eigenvalue weighted by Gasteiger charge is 2.28. The predicted octanol–water partition coefficient (Wildman–Crippen LogP) is 1.74. The van der Waals surface area contributed by atoms with Crippen LogP contribution in [0.3, 0.4) is 0 Å². The second kappa shape index (κ2) is 5.14. The minimum absolute atomic E-state index is 0.00347. The van der Waals surface area contributed by atoms with Crippen molar-refractivity contribution in [2.45, 2.75) is 46.6 Å². The van der Waals surface area contributed by atoms with E-state index in [1.807, 2.05) is 34.6 Å². The molecule has 4 nitrogen and oxygen atoms in total. The quantitative estimate of drug-likeness (QED) is 0.777. The average molecular weight is 215 g/mol. The van der Waals surface area contributed by atoms with Crippen molar-refractivity contribution in [1.29, 1.82) is 0 Å². The average Bonchev–Trinajstić information content (AvgIpc) is 2.00. The number of hydrogen-bond donors (Lipinski definition) is 1. The molecule has 0 spiro atoms. The topological polar surface area (TPSA) is 57.6 Å². The molecule has 15 heavy (non-hydrogen) atoms. The highest BCUT2D eigenvalue weighted by molar-refractivity contribution is 5.79. The number of rotatable bonds is 4. The Kier molecular flexibility index (Phi) is 4.78. The minimum atomic E-state index is -0.874. The molecule has 0 aromatic carbocycles. The normalized spacial score (nSPS) is 11.6. The van der Waals surface area contributed by atoms with Crippen LogP contribution in [0.5, 0.6) is 0 Å². The Bertz CT molecular complexity index is 241. The molecule has 1 amide bonds. The first-order valence-corrected chi connectivity index (χ1v) is 5.19. The van der Waals surface area contributed by atoms with Gasteiger partial charge >= 0.3 is 5.97 Å². The summed E-state index contributed by atoms with van der Waals surface area (Å²) in [6.45, 7) is 9.65. The molecular formula is C11H21NO3. The van der Waals surface area contributed by atoms with E-state index >= 15 is 0 Å². The van der Waals surface area contributed by atoms with Gasteiger partial charge in [0.2, 0.25) is 5.91 Å². The smallest absolute Gasteiger partial charge is 0.305 e. The minimum Gasteiger partial charge on any atom is -0.481 e. The molecule has 0 saturated carbocycles. The maximum Gasteiger partial charge on any atom is 0.305 e. The van der Waals surface area contributed by atoms with Gasteiger partial charge in [-0.1, -0.05) is 13.8 Å². The molecule has 0 unspecified atom stereocenters. The lowest BCUT2D eigenvalue weighted by atomic mass is 10.0. The number of aliphatic carboxylic acids is 1. The summed E-state index contributed by atoms with van der Waals surface area (Å²) in [4.78, 5) is 24.0. The van der Waals surface area contributed by atoms with E-state index in [0.717, 1.165) is 0 Å². The van der Waals surface area contributed by atoms with Gasteiger partial charge in [0.05, 0.1) is 6.42 Å². The number of carboxylic acid groups (broad SMARTS) is 1. The van der Waals surface area contributed by atoms with Crippen LogP contribution in [-0.4, -0.2) is 34.0 Å². The lowest BCUT2D eigenvalue weighted by molar-refractivity contribution is -0.142. The van der Waals surface area contributed by atoms with Gasteiger partial charge in [-0.05, 0) is 20.8 Å². The van der Waals surface area contributed by atoms with Crippen LogP contribution in [0, 0.1) is 5.92 Å². The maximum atomic E-state index is 11.8. The SMILES string of the molecule is CC(C)C(=O)N(CCC(=O)O)C(C)(C)C. The first-order valence-electron chi connectivity index (χ1n) is 5.19. The predicted molar refractivity (Wildman–Crippen MR) is 58.6 cm³/mol. The Hall–Kier alpha value is -1.06. The number of nitrogens with zero attached hydrogens (tertiary/aromatic N) is 1. The van der Waals surface area contributed by atoms with E-state index in [-0.39, 0.29) is 30.3 Å². The van der Waals surface area contributed by atoms with Gasteiger partial charge in [-0.15, -0.1) is 0 Å². The summed E-state index contributed by atoms with van der Waals surface area (Å²) >= 11 is 0. The highest BCUT2D eigenvalue weighted by Crippen LogP contribution is 2.17. The second-order valence-corrected chi connectivity index (χ2v) is 4.96. The number of carbonyl (C=O) groups excluding carboxylic acids is 1. The van der Waals surface area contributed by atoms with Crippen molar-refractivity contribution in [3.63, 3.8) is 0 Å². The van der Waals surface area contributed by atoms with Crippen molar-refractivity contribution in [2.24, 2.45) is 5.92 Å². The van der Waals surface area contributed by atoms with E-state index in [4.69, 9.17) is 5.11 Å². The van der Waals surface area contributed by atoms with Crippen molar-refractivity contribution < 1.29 is 14.7 Å². The summed E-state index contributed by atoms with van der Waals surface area (Å²) in [5, 5.41) is 8.61. The molecule has 0 radical (unpaired) electrons.